The summed E-state index contributed by atoms with van der Waals surface area (Å²) in [5.74, 6) is 0.340. The van der Waals surface area contributed by atoms with Gasteiger partial charge in [0.1, 0.15) is 0 Å². The molecule has 1 heterocycles. The molecule has 2 aromatic carbocycles. The van der Waals surface area contributed by atoms with E-state index in [4.69, 9.17) is 0 Å². The Morgan fingerprint density at radius 2 is 1.71 bits per heavy atom. The number of rotatable bonds is 3. The van der Waals surface area contributed by atoms with Crippen molar-refractivity contribution in [3.8, 4) is 0 Å². The normalized spacial score (nSPS) is 25.9. The summed E-state index contributed by atoms with van der Waals surface area (Å²) in [4.78, 5) is 0.460. The number of hydrogen-bond donors (Lipinski definition) is 1. The highest BCUT2D eigenvalue weighted by atomic mass is 32.2. The molecule has 1 aliphatic heterocycles. The Kier molecular flexibility index (Phi) is 4.54. The lowest BCUT2D eigenvalue weighted by Gasteiger charge is -2.39. The third-order valence-corrected chi connectivity index (χ3v) is 7.25. The molecule has 0 fully saturated rings. The molecule has 2 aromatic rings. The first-order valence-electron chi connectivity index (χ1n) is 8.54. The molecule has 1 N–H and O–H groups in total. The van der Waals surface area contributed by atoms with E-state index in [0.29, 0.717) is 4.90 Å². The Morgan fingerprint density at radius 3 is 2.33 bits per heavy atom. The van der Waals surface area contributed by atoms with E-state index in [9.17, 15) is 8.42 Å². The van der Waals surface area contributed by atoms with Crippen LogP contribution in [-0.4, -0.2) is 19.7 Å². The van der Waals surface area contributed by atoms with Gasteiger partial charge in [0, 0.05) is 5.54 Å². The van der Waals surface area contributed by atoms with Gasteiger partial charge >= 0.3 is 0 Å². The molecular weight excluding hydrogens is 318 g/mol. The summed E-state index contributed by atoms with van der Waals surface area (Å²) in [5.41, 5.74) is 1.50. The van der Waals surface area contributed by atoms with Crippen LogP contribution < -0.4 is 5.32 Å². The van der Waals surface area contributed by atoms with Crippen molar-refractivity contribution in [1.29, 1.82) is 0 Å². The van der Waals surface area contributed by atoms with Gasteiger partial charge < -0.3 is 0 Å². The zero-order valence-electron chi connectivity index (χ0n) is 14.5. The first-order chi connectivity index (χ1) is 11.4. The van der Waals surface area contributed by atoms with Crippen molar-refractivity contribution in [3.63, 3.8) is 0 Å². The molecule has 0 radical (unpaired) electrons. The van der Waals surface area contributed by atoms with Gasteiger partial charge in [-0.15, -0.1) is 0 Å². The summed E-state index contributed by atoms with van der Waals surface area (Å²) < 4.78 is 26.2. The lowest BCUT2D eigenvalue weighted by atomic mass is 9.83. The first kappa shape index (κ1) is 17.2. The Morgan fingerprint density at radius 1 is 1.08 bits per heavy atom. The van der Waals surface area contributed by atoms with Gasteiger partial charge in [-0.3, -0.25) is 5.32 Å². The SMILES string of the molecule is CC[C@]1(C(C)C)CS(=O)(=O)c2ccccc2[C@H](c2ccccc2)N1. The van der Waals surface area contributed by atoms with Crippen molar-refractivity contribution in [1.82, 2.24) is 5.32 Å². The molecule has 0 spiro atoms. The molecule has 2 atom stereocenters. The van der Waals surface area contributed by atoms with Gasteiger partial charge in [0.2, 0.25) is 0 Å². The van der Waals surface area contributed by atoms with E-state index in [1.807, 2.05) is 36.4 Å². The standard InChI is InChI=1S/C20H25NO2S/c1-4-20(15(2)3)14-24(22,23)18-13-9-8-12-17(18)19(21-20)16-10-6-5-7-11-16/h5-13,15,19,21H,4,14H2,1-3H3/t19-,20+/m0/s1. The Hall–Kier alpha value is -1.65. The van der Waals surface area contributed by atoms with Crippen molar-refractivity contribution < 1.29 is 8.42 Å². The molecule has 24 heavy (non-hydrogen) atoms. The lowest BCUT2D eigenvalue weighted by molar-refractivity contribution is 0.240. The molecule has 0 bridgehead atoms. The van der Waals surface area contributed by atoms with Gasteiger partial charge in [-0.1, -0.05) is 69.3 Å². The van der Waals surface area contributed by atoms with Gasteiger partial charge in [-0.05, 0) is 29.5 Å². The largest absolute Gasteiger partial charge is 0.299 e. The Bertz CT molecular complexity index is 815. The van der Waals surface area contributed by atoms with Crippen molar-refractivity contribution in [3.05, 3.63) is 65.7 Å². The number of benzene rings is 2. The minimum atomic E-state index is -3.35. The second-order valence-corrected chi connectivity index (χ2v) is 8.91. The van der Waals surface area contributed by atoms with Crippen LogP contribution in [0.4, 0.5) is 0 Å². The van der Waals surface area contributed by atoms with Crippen LogP contribution in [-0.2, 0) is 9.84 Å². The van der Waals surface area contributed by atoms with Gasteiger partial charge in [0.15, 0.2) is 9.84 Å². The molecule has 4 heteroatoms. The average Bonchev–Trinajstić information content (AvgIpc) is 2.69. The van der Waals surface area contributed by atoms with Crippen LogP contribution in [0.25, 0.3) is 0 Å². The van der Waals surface area contributed by atoms with E-state index in [2.05, 4.69) is 38.2 Å². The molecule has 0 unspecified atom stereocenters. The number of hydrogen-bond acceptors (Lipinski definition) is 3. The zero-order valence-corrected chi connectivity index (χ0v) is 15.3. The highest BCUT2D eigenvalue weighted by Gasteiger charge is 2.43. The topological polar surface area (TPSA) is 46.2 Å². The second-order valence-electron chi connectivity index (χ2n) is 6.95. The molecule has 128 valence electrons. The monoisotopic (exact) mass is 343 g/mol. The van der Waals surface area contributed by atoms with Crippen LogP contribution in [0.5, 0.6) is 0 Å². The third kappa shape index (κ3) is 2.89. The molecule has 3 rings (SSSR count). The van der Waals surface area contributed by atoms with Crippen molar-refractivity contribution >= 4 is 9.84 Å². The highest BCUT2D eigenvalue weighted by molar-refractivity contribution is 7.91. The van der Waals surface area contributed by atoms with Gasteiger partial charge in [-0.2, -0.15) is 0 Å². The molecule has 0 aliphatic carbocycles. The minimum absolute atomic E-state index is 0.123. The number of nitrogens with one attached hydrogen (secondary N) is 1. The van der Waals surface area contributed by atoms with E-state index in [1.165, 1.54) is 0 Å². The zero-order chi connectivity index (χ0) is 17.4. The Balaban J connectivity index is 2.26. The number of sulfone groups is 1. The van der Waals surface area contributed by atoms with E-state index >= 15 is 0 Å². The predicted octanol–water partition coefficient (Wildman–Crippen LogP) is 3.96. The van der Waals surface area contributed by atoms with Crippen LogP contribution in [0.15, 0.2) is 59.5 Å². The fourth-order valence-electron chi connectivity index (χ4n) is 3.68. The maximum absolute atomic E-state index is 13.1. The van der Waals surface area contributed by atoms with Crippen LogP contribution >= 0.6 is 0 Å². The fraction of sp³-hybridized carbons (Fsp3) is 0.400. The van der Waals surface area contributed by atoms with Crippen LogP contribution in [0, 0.1) is 5.92 Å². The van der Waals surface area contributed by atoms with Crippen LogP contribution in [0.3, 0.4) is 0 Å². The molecule has 0 amide bonds. The van der Waals surface area contributed by atoms with E-state index < -0.39 is 15.4 Å². The molecule has 0 aromatic heterocycles. The van der Waals surface area contributed by atoms with Crippen molar-refractivity contribution in [2.24, 2.45) is 5.92 Å². The second kappa shape index (κ2) is 6.34. The first-order valence-corrected chi connectivity index (χ1v) is 10.2. The quantitative estimate of drug-likeness (QED) is 0.917. The van der Waals surface area contributed by atoms with E-state index in [1.54, 1.807) is 6.07 Å². The maximum atomic E-state index is 13.1. The van der Waals surface area contributed by atoms with Crippen LogP contribution in [0.1, 0.15) is 44.4 Å². The summed E-state index contributed by atoms with van der Waals surface area (Å²) in [7, 11) is -3.35. The predicted molar refractivity (Wildman–Crippen MR) is 97.8 cm³/mol. The summed E-state index contributed by atoms with van der Waals surface area (Å²) in [6, 6.07) is 17.4. The molecular formula is C20H25NO2S. The van der Waals surface area contributed by atoms with Gasteiger partial charge in [0.25, 0.3) is 0 Å². The fourth-order valence-corrected chi connectivity index (χ4v) is 5.97. The Labute approximate surface area is 145 Å². The van der Waals surface area contributed by atoms with E-state index in [0.717, 1.165) is 17.5 Å². The summed E-state index contributed by atoms with van der Waals surface area (Å²) >= 11 is 0. The summed E-state index contributed by atoms with van der Waals surface area (Å²) in [6.07, 6.45) is 0.765. The highest BCUT2D eigenvalue weighted by Crippen LogP contribution is 2.38. The van der Waals surface area contributed by atoms with Crippen molar-refractivity contribution in [2.75, 3.05) is 5.75 Å². The van der Waals surface area contributed by atoms with Crippen LogP contribution in [0.2, 0.25) is 0 Å². The maximum Gasteiger partial charge on any atom is 0.180 e. The summed E-state index contributed by atoms with van der Waals surface area (Å²) in [6.45, 7) is 6.27. The molecule has 1 aliphatic rings. The third-order valence-electron chi connectivity index (χ3n) is 5.31. The van der Waals surface area contributed by atoms with Gasteiger partial charge in [-0.25, -0.2) is 8.42 Å². The van der Waals surface area contributed by atoms with E-state index in [-0.39, 0.29) is 17.7 Å². The minimum Gasteiger partial charge on any atom is -0.299 e. The molecule has 3 nitrogen and oxygen atoms in total. The number of fused-ring (bicyclic) bond motifs is 1. The lowest BCUT2D eigenvalue weighted by Crippen LogP contribution is -2.54. The smallest absolute Gasteiger partial charge is 0.180 e. The van der Waals surface area contributed by atoms with Crippen molar-refractivity contribution in [2.45, 2.75) is 43.7 Å². The van der Waals surface area contributed by atoms with Gasteiger partial charge in [0.05, 0.1) is 16.7 Å². The average molecular weight is 343 g/mol. The molecule has 0 saturated heterocycles. The molecule has 0 saturated carbocycles. The summed E-state index contributed by atoms with van der Waals surface area (Å²) in [5, 5.41) is 3.73.